The van der Waals surface area contributed by atoms with Crippen LogP contribution in [-0.4, -0.2) is 47.5 Å². The van der Waals surface area contributed by atoms with Crippen LogP contribution in [0.2, 0.25) is 0 Å². The summed E-state index contributed by atoms with van der Waals surface area (Å²) in [5, 5.41) is 14.1. The number of rotatable bonds is 10. The number of carbonyl (C=O) groups is 2. The molecule has 0 saturated heterocycles. The lowest BCUT2D eigenvalue weighted by Crippen LogP contribution is -2.27. The highest BCUT2D eigenvalue weighted by molar-refractivity contribution is 6.04. The maximum Gasteiger partial charge on any atom is 0.349 e. The molecule has 242 valence electrons. The number of benzene rings is 2. The lowest BCUT2D eigenvalue weighted by Gasteiger charge is -2.12. The number of fused-ring (bicyclic) bond motifs is 1. The van der Waals surface area contributed by atoms with Crippen LogP contribution in [0.3, 0.4) is 0 Å². The summed E-state index contributed by atoms with van der Waals surface area (Å²) in [6.45, 7) is 9.83. The number of carbonyl (C=O) groups excluding carboxylic acids is 2. The van der Waals surface area contributed by atoms with Gasteiger partial charge in [0.05, 0.1) is 25.2 Å². The van der Waals surface area contributed by atoms with Crippen molar-refractivity contribution < 1.29 is 14.3 Å². The van der Waals surface area contributed by atoms with Gasteiger partial charge < -0.3 is 14.6 Å². The van der Waals surface area contributed by atoms with Gasteiger partial charge in [-0.1, -0.05) is 48.5 Å². The van der Waals surface area contributed by atoms with Crippen LogP contribution in [-0.2, 0) is 11.2 Å². The average molecular weight is 636 g/mol. The highest BCUT2D eigenvalue weighted by atomic mass is 16.5. The topological polar surface area (TPSA) is 170 Å². The summed E-state index contributed by atoms with van der Waals surface area (Å²) in [4.78, 5) is 53.2. The Morgan fingerprint density at radius 1 is 0.915 bits per heavy atom. The van der Waals surface area contributed by atoms with Gasteiger partial charge in [-0.15, -0.1) is 0 Å². The lowest BCUT2D eigenvalue weighted by atomic mass is 10.1. The Labute approximate surface area is 272 Å². The number of anilines is 2. The normalized spacial score (nSPS) is 10.7. The molecule has 2 N–H and O–H groups in total. The summed E-state index contributed by atoms with van der Waals surface area (Å²) in [5.74, 6) is 0.213. The summed E-state index contributed by atoms with van der Waals surface area (Å²) < 4.78 is 9.00. The number of nitrogens with zero attached hydrogens (tertiary/aromatic N) is 7. The number of aromatic nitrogens is 6. The number of ether oxygens (including phenoxy) is 1. The molecule has 2 amide bonds. The first-order chi connectivity index (χ1) is 22.6. The van der Waals surface area contributed by atoms with E-state index in [4.69, 9.17) is 10.00 Å². The van der Waals surface area contributed by atoms with Crippen LogP contribution in [0.4, 0.5) is 11.8 Å². The minimum Gasteiger partial charge on any atom is -0.475 e. The zero-order valence-corrected chi connectivity index (χ0v) is 27.0. The van der Waals surface area contributed by atoms with Crippen LogP contribution >= 0.6 is 0 Å². The molecule has 0 atom stereocenters. The van der Waals surface area contributed by atoms with Crippen molar-refractivity contribution in [2.45, 2.75) is 59.5 Å². The molecule has 0 aliphatic rings. The number of aryl methyl sites for hydroxylation is 1. The van der Waals surface area contributed by atoms with E-state index in [2.05, 4.69) is 30.6 Å². The van der Waals surface area contributed by atoms with E-state index in [0.29, 0.717) is 22.5 Å². The number of amides is 2. The standard InChI is InChI=1S/C19H20N6O2.C15H17N3O2/c1-13(2)25-12-21-16-17(25)23-19(24-18(16)27-10-6-9-20)22-15(26)11-14-7-4-3-5-8-14;1-10(2)18-9-11(3)13(17-15(18)20)16-14(19)12-7-5-4-6-8-12/h3-5,7-8,12-13H,6,10-11H2,1-2H3,(H,22,23,24,26);4-10H,1-3H3,(H,16,17,19,20). The molecule has 0 bridgehead atoms. The van der Waals surface area contributed by atoms with E-state index in [9.17, 15) is 14.4 Å². The highest BCUT2D eigenvalue weighted by Crippen LogP contribution is 2.25. The van der Waals surface area contributed by atoms with Crippen molar-refractivity contribution in [1.82, 2.24) is 29.1 Å². The quantitative estimate of drug-likeness (QED) is 0.194. The fraction of sp³-hybridized carbons (Fsp3) is 0.294. The van der Waals surface area contributed by atoms with Crippen LogP contribution in [0.1, 0.15) is 67.7 Å². The number of nitrogens with one attached hydrogen (secondary N) is 2. The van der Waals surface area contributed by atoms with Crippen molar-refractivity contribution >= 4 is 34.7 Å². The highest BCUT2D eigenvalue weighted by Gasteiger charge is 2.17. The summed E-state index contributed by atoms with van der Waals surface area (Å²) in [7, 11) is 0. The molecule has 0 unspecified atom stereocenters. The van der Waals surface area contributed by atoms with Gasteiger partial charge in [-0.3, -0.25) is 19.5 Å². The average Bonchev–Trinajstić information content (AvgIpc) is 3.48. The Morgan fingerprint density at radius 2 is 1.57 bits per heavy atom. The van der Waals surface area contributed by atoms with Crippen LogP contribution in [0.15, 0.2) is 78.0 Å². The zero-order chi connectivity index (χ0) is 33.9. The predicted octanol–water partition coefficient (Wildman–Crippen LogP) is 5.27. The molecule has 0 aliphatic carbocycles. The molecule has 0 aliphatic heterocycles. The molecule has 0 spiro atoms. The van der Waals surface area contributed by atoms with Gasteiger partial charge >= 0.3 is 5.69 Å². The molecule has 2 aromatic carbocycles. The van der Waals surface area contributed by atoms with Gasteiger partial charge in [0, 0.05) is 29.4 Å². The second kappa shape index (κ2) is 15.9. The molecule has 13 heteroatoms. The summed E-state index contributed by atoms with van der Waals surface area (Å²) in [6.07, 6.45) is 3.82. The van der Waals surface area contributed by atoms with Crippen molar-refractivity contribution in [3.05, 3.63) is 100 Å². The molecule has 0 radical (unpaired) electrons. The van der Waals surface area contributed by atoms with Crippen molar-refractivity contribution in [2.24, 2.45) is 0 Å². The number of nitriles is 1. The molecule has 47 heavy (non-hydrogen) atoms. The Kier molecular flexibility index (Phi) is 11.5. The largest absolute Gasteiger partial charge is 0.475 e. The molecule has 5 rings (SSSR count). The van der Waals surface area contributed by atoms with Crippen LogP contribution < -0.4 is 21.1 Å². The van der Waals surface area contributed by atoms with Crippen molar-refractivity contribution in [3.8, 4) is 11.9 Å². The summed E-state index contributed by atoms with van der Waals surface area (Å²) in [5.41, 5.74) is 2.89. The van der Waals surface area contributed by atoms with E-state index >= 15 is 0 Å². The van der Waals surface area contributed by atoms with E-state index in [1.807, 2.05) is 81.7 Å². The third kappa shape index (κ3) is 9.07. The fourth-order valence-corrected chi connectivity index (χ4v) is 4.40. The Morgan fingerprint density at radius 3 is 2.21 bits per heavy atom. The van der Waals surface area contributed by atoms with Crippen LogP contribution in [0.25, 0.3) is 11.2 Å². The third-order valence-corrected chi connectivity index (χ3v) is 6.82. The lowest BCUT2D eigenvalue weighted by molar-refractivity contribution is -0.115. The van der Waals surface area contributed by atoms with Crippen molar-refractivity contribution in [2.75, 3.05) is 17.2 Å². The molecule has 3 heterocycles. The van der Waals surface area contributed by atoms with Gasteiger partial charge in [-0.2, -0.15) is 20.2 Å². The Bertz CT molecular complexity index is 1930. The number of imidazole rings is 1. The predicted molar refractivity (Wildman–Crippen MR) is 178 cm³/mol. The summed E-state index contributed by atoms with van der Waals surface area (Å²) >= 11 is 0. The third-order valence-electron chi connectivity index (χ3n) is 6.82. The van der Waals surface area contributed by atoms with Crippen LogP contribution in [0, 0.1) is 18.3 Å². The van der Waals surface area contributed by atoms with Gasteiger partial charge in [0.25, 0.3) is 5.91 Å². The molecular weight excluding hydrogens is 598 g/mol. The minimum atomic E-state index is -0.367. The van der Waals surface area contributed by atoms with Gasteiger partial charge in [-0.05, 0) is 52.3 Å². The van der Waals surface area contributed by atoms with Crippen molar-refractivity contribution in [3.63, 3.8) is 0 Å². The first-order valence-corrected chi connectivity index (χ1v) is 15.1. The Hall–Kier alpha value is -5.90. The first kappa shape index (κ1) is 34.0. The van der Waals surface area contributed by atoms with Crippen LogP contribution in [0.5, 0.6) is 5.88 Å². The van der Waals surface area contributed by atoms with Gasteiger partial charge in [0.15, 0.2) is 11.2 Å². The maximum absolute atomic E-state index is 12.3. The number of hydrogen-bond donors (Lipinski definition) is 2. The molecule has 13 nitrogen and oxygen atoms in total. The van der Waals surface area contributed by atoms with E-state index < -0.39 is 0 Å². The zero-order valence-electron chi connectivity index (χ0n) is 27.0. The molecule has 5 aromatic rings. The molecule has 0 fully saturated rings. The van der Waals surface area contributed by atoms with Gasteiger partial charge in [-0.25, -0.2) is 9.78 Å². The van der Waals surface area contributed by atoms with E-state index in [1.54, 1.807) is 36.8 Å². The SMILES string of the molecule is CC(C)n1cnc2c(OCCC#N)nc(NC(=O)Cc3ccccc3)nc21.Cc1cn(C(C)C)c(=O)nc1NC(=O)c1ccccc1. The molecular formula is C34H37N9O4. The smallest absolute Gasteiger partial charge is 0.349 e. The molecule has 0 saturated carbocycles. The first-order valence-electron chi connectivity index (χ1n) is 15.1. The van der Waals surface area contributed by atoms with E-state index in [1.165, 1.54) is 4.57 Å². The fourth-order valence-electron chi connectivity index (χ4n) is 4.40. The van der Waals surface area contributed by atoms with Gasteiger partial charge in [0.2, 0.25) is 17.7 Å². The van der Waals surface area contributed by atoms with Crippen molar-refractivity contribution in [1.29, 1.82) is 5.26 Å². The minimum absolute atomic E-state index is 0.0348. The monoisotopic (exact) mass is 635 g/mol. The number of hydrogen-bond acceptors (Lipinski definition) is 9. The second-order valence-corrected chi connectivity index (χ2v) is 11.1. The second-order valence-electron chi connectivity index (χ2n) is 11.1. The van der Waals surface area contributed by atoms with Gasteiger partial charge in [0.1, 0.15) is 12.4 Å². The summed E-state index contributed by atoms with van der Waals surface area (Å²) in [6, 6.07) is 20.4. The Balaban J connectivity index is 0.000000223. The molecule has 3 aromatic heterocycles. The van der Waals surface area contributed by atoms with E-state index in [0.717, 1.165) is 11.1 Å². The van der Waals surface area contributed by atoms with E-state index in [-0.39, 0.29) is 60.9 Å². The maximum atomic E-state index is 12.3.